The lowest BCUT2D eigenvalue weighted by atomic mass is 10.1. The molecule has 174 valence electrons. The summed E-state index contributed by atoms with van der Waals surface area (Å²) in [5.74, 6) is 1.65. The van der Waals surface area contributed by atoms with Crippen LogP contribution < -0.4 is 9.47 Å². The van der Waals surface area contributed by atoms with Gasteiger partial charge >= 0.3 is 0 Å². The van der Waals surface area contributed by atoms with Gasteiger partial charge in [-0.3, -0.25) is 4.79 Å². The zero-order valence-corrected chi connectivity index (χ0v) is 19.7. The smallest absolute Gasteiger partial charge is 0.248 e. The third-order valence-corrected chi connectivity index (χ3v) is 5.11. The minimum Gasteiger partial charge on any atom is -0.493 e. The number of rotatable bonds is 12. The van der Waals surface area contributed by atoms with Crippen molar-refractivity contribution in [2.45, 2.75) is 33.6 Å². The summed E-state index contributed by atoms with van der Waals surface area (Å²) < 4.78 is 17.2. The lowest BCUT2D eigenvalue weighted by molar-refractivity contribution is -0.137. The first-order valence-electron chi connectivity index (χ1n) is 11.3. The van der Waals surface area contributed by atoms with Gasteiger partial charge in [0.05, 0.1) is 13.7 Å². The maximum atomic E-state index is 12.9. The van der Waals surface area contributed by atoms with Crippen molar-refractivity contribution in [2.24, 2.45) is 5.92 Å². The average molecular weight is 448 g/mol. The van der Waals surface area contributed by atoms with Crippen LogP contribution in [0.1, 0.15) is 30.5 Å². The Morgan fingerprint density at radius 2 is 1.45 bits per heavy atom. The Labute approximate surface area is 196 Å². The number of hydrogen-bond acceptors (Lipinski definition) is 4. The molecule has 0 spiro atoms. The van der Waals surface area contributed by atoms with Crippen LogP contribution in [0.15, 0.2) is 78.9 Å². The van der Waals surface area contributed by atoms with E-state index in [1.807, 2.05) is 83.8 Å². The van der Waals surface area contributed by atoms with Crippen LogP contribution in [0.4, 0.5) is 0 Å². The summed E-state index contributed by atoms with van der Waals surface area (Å²) in [6.45, 7) is 6.29. The molecule has 0 aliphatic heterocycles. The fourth-order valence-electron chi connectivity index (χ4n) is 3.50. The fourth-order valence-corrected chi connectivity index (χ4v) is 3.50. The Hall–Kier alpha value is -3.31. The van der Waals surface area contributed by atoms with Crippen molar-refractivity contribution in [3.8, 4) is 11.5 Å². The van der Waals surface area contributed by atoms with Crippen molar-refractivity contribution < 1.29 is 19.0 Å². The zero-order chi connectivity index (χ0) is 23.5. The largest absolute Gasteiger partial charge is 0.493 e. The molecule has 3 rings (SSSR count). The number of amides is 1. The highest BCUT2D eigenvalue weighted by Crippen LogP contribution is 2.29. The van der Waals surface area contributed by atoms with Gasteiger partial charge in [0.15, 0.2) is 11.5 Å². The van der Waals surface area contributed by atoms with Gasteiger partial charge < -0.3 is 19.1 Å². The Kier molecular flexibility index (Phi) is 9.33. The molecule has 0 heterocycles. The van der Waals surface area contributed by atoms with Gasteiger partial charge in [-0.05, 0) is 34.7 Å². The van der Waals surface area contributed by atoms with Gasteiger partial charge in [-0.2, -0.15) is 0 Å². The van der Waals surface area contributed by atoms with Crippen molar-refractivity contribution in [3.63, 3.8) is 0 Å². The molecule has 3 aromatic carbocycles. The van der Waals surface area contributed by atoms with E-state index in [1.54, 1.807) is 7.11 Å². The van der Waals surface area contributed by atoms with E-state index in [1.165, 1.54) is 0 Å². The molecule has 0 N–H and O–H groups in total. The Morgan fingerprint density at radius 1 is 0.818 bits per heavy atom. The van der Waals surface area contributed by atoms with E-state index in [2.05, 4.69) is 13.8 Å². The lowest BCUT2D eigenvalue weighted by Crippen LogP contribution is -2.36. The quantitative estimate of drug-likeness (QED) is 0.369. The highest BCUT2D eigenvalue weighted by Gasteiger charge is 2.17. The van der Waals surface area contributed by atoms with Crippen LogP contribution in [0.3, 0.4) is 0 Å². The van der Waals surface area contributed by atoms with Crippen LogP contribution in [0.5, 0.6) is 11.5 Å². The van der Waals surface area contributed by atoms with Gasteiger partial charge in [0.2, 0.25) is 5.91 Å². The fraction of sp³-hybridized carbons (Fsp3) is 0.321. The number of nitrogens with zero attached hydrogens (tertiary/aromatic N) is 1. The minimum atomic E-state index is -0.0250. The summed E-state index contributed by atoms with van der Waals surface area (Å²) in [5.41, 5.74) is 3.13. The molecular weight excluding hydrogens is 414 g/mol. The van der Waals surface area contributed by atoms with Crippen LogP contribution in [0.2, 0.25) is 0 Å². The average Bonchev–Trinajstić information content (AvgIpc) is 2.83. The van der Waals surface area contributed by atoms with Crippen LogP contribution >= 0.6 is 0 Å². The molecule has 0 aliphatic rings. The van der Waals surface area contributed by atoms with Gasteiger partial charge in [-0.25, -0.2) is 0 Å². The van der Waals surface area contributed by atoms with Gasteiger partial charge in [0.25, 0.3) is 0 Å². The minimum absolute atomic E-state index is 0.0250. The summed E-state index contributed by atoms with van der Waals surface area (Å²) in [6.07, 6.45) is 0. The van der Waals surface area contributed by atoms with Crippen molar-refractivity contribution in [1.29, 1.82) is 0 Å². The van der Waals surface area contributed by atoms with Crippen molar-refractivity contribution in [1.82, 2.24) is 4.90 Å². The van der Waals surface area contributed by atoms with Gasteiger partial charge in [-0.1, -0.05) is 80.6 Å². The molecule has 0 saturated heterocycles. The van der Waals surface area contributed by atoms with Crippen LogP contribution in [0.25, 0.3) is 0 Å². The third-order valence-electron chi connectivity index (χ3n) is 5.11. The SMILES string of the molecule is COc1cc(CN(CC(C)C)C(=O)COCc2ccccc2)ccc1OCc1ccccc1. The molecule has 5 nitrogen and oxygen atoms in total. The number of carbonyl (C=O) groups excluding carboxylic acids is 1. The second kappa shape index (κ2) is 12.7. The van der Waals surface area contributed by atoms with E-state index in [-0.39, 0.29) is 12.5 Å². The number of hydrogen-bond donors (Lipinski definition) is 0. The summed E-state index contributed by atoms with van der Waals surface area (Å²) in [7, 11) is 1.63. The molecule has 1 amide bonds. The molecule has 5 heteroatoms. The van der Waals surface area contributed by atoms with Crippen molar-refractivity contribution >= 4 is 5.91 Å². The molecule has 0 fully saturated rings. The topological polar surface area (TPSA) is 48.0 Å². The molecule has 0 saturated carbocycles. The summed E-state index contributed by atoms with van der Waals surface area (Å²) in [6, 6.07) is 25.7. The predicted octanol–water partition coefficient (Wildman–Crippen LogP) is 5.48. The van der Waals surface area contributed by atoms with Crippen LogP contribution in [0, 0.1) is 5.92 Å². The monoisotopic (exact) mass is 447 g/mol. The first-order valence-corrected chi connectivity index (χ1v) is 11.3. The molecule has 0 unspecified atom stereocenters. The maximum Gasteiger partial charge on any atom is 0.248 e. The van der Waals surface area contributed by atoms with Gasteiger partial charge in [0, 0.05) is 13.1 Å². The third kappa shape index (κ3) is 7.95. The van der Waals surface area contributed by atoms with E-state index in [0.29, 0.717) is 43.7 Å². The molecule has 0 aliphatic carbocycles. The van der Waals surface area contributed by atoms with E-state index < -0.39 is 0 Å². The van der Waals surface area contributed by atoms with E-state index >= 15 is 0 Å². The number of carbonyl (C=O) groups is 1. The van der Waals surface area contributed by atoms with Crippen LogP contribution in [-0.2, 0) is 29.3 Å². The number of ether oxygens (including phenoxy) is 3. The number of benzene rings is 3. The van der Waals surface area contributed by atoms with Gasteiger partial charge in [0.1, 0.15) is 13.2 Å². The molecule has 0 radical (unpaired) electrons. The van der Waals surface area contributed by atoms with E-state index in [9.17, 15) is 4.79 Å². The highest BCUT2D eigenvalue weighted by molar-refractivity contribution is 5.77. The van der Waals surface area contributed by atoms with E-state index in [4.69, 9.17) is 14.2 Å². The molecule has 0 aromatic heterocycles. The molecule has 0 atom stereocenters. The standard InChI is InChI=1S/C28H33NO4/c1-22(2)17-29(28(30)21-32-19-23-10-6-4-7-11-23)18-25-14-15-26(27(16-25)31-3)33-20-24-12-8-5-9-13-24/h4-16,22H,17-21H2,1-3H3. The lowest BCUT2D eigenvalue weighted by Gasteiger charge is -2.25. The van der Waals surface area contributed by atoms with Crippen LogP contribution in [-0.4, -0.2) is 31.1 Å². The Morgan fingerprint density at radius 3 is 2.06 bits per heavy atom. The second-order valence-electron chi connectivity index (χ2n) is 8.41. The number of methoxy groups -OCH3 is 1. The first kappa shape index (κ1) is 24.3. The Bertz CT molecular complexity index is 989. The van der Waals surface area contributed by atoms with E-state index in [0.717, 1.165) is 16.7 Å². The highest BCUT2D eigenvalue weighted by atomic mass is 16.5. The predicted molar refractivity (Wildman–Crippen MR) is 130 cm³/mol. The summed E-state index contributed by atoms with van der Waals surface area (Å²) >= 11 is 0. The normalized spacial score (nSPS) is 10.8. The molecule has 3 aromatic rings. The Balaban J connectivity index is 1.61. The van der Waals surface area contributed by atoms with Gasteiger partial charge in [-0.15, -0.1) is 0 Å². The molecular formula is C28H33NO4. The van der Waals surface area contributed by atoms with Crippen molar-refractivity contribution in [2.75, 3.05) is 20.3 Å². The molecule has 33 heavy (non-hydrogen) atoms. The summed E-state index contributed by atoms with van der Waals surface area (Å²) in [4.78, 5) is 14.7. The first-order chi connectivity index (χ1) is 16.0. The van der Waals surface area contributed by atoms with Crippen molar-refractivity contribution in [3.05, 3.63) is 95.6 Å². The maximum absolute atomic E-state index is 12.9. The second-order valence-corrected chi connectivity index (χ2v) is 8.41. The molecule has 0 bridgehead atoms. The zero-order valence-electron chi connectivity index (χ0n) is 19.7. The summed E-state index contributed by atoms with van der Waals surface area (Å²) in [5, 5.41) is 0.